The van der Waals surface area contributed by atoms with Crippen LogP contribution in [0.5, 0.6) is 0 Å². The summed E-state index contributed by atoms with van der Waals surface area (Å²) in [6, 6.07) is 0. The van der Waals surface area contributed by atoms with E-state index in [1.54, 1.807) is 0 Å². The van der Waals surface area contributed by atoms with Crippen LogP contribution in [0.25, 0.3) is 0 Å². The van der Waals surface area contributed by atoms with E-state index in [0.717, 1.165) is 10.9 Å². The van der Waals surface area contributed by atoms with Gasteiger partial charge in [0.25, 0.3) is 0 Å². The highest BCUT2D eigenvalue weighted by Gasteiger charge is 2.34. The van der Waals surface area contributed by atoms with Gasteiger partial charge in [-0.3, -0.25) is 9.36 Å². The zero-order chi connectivity index (χ0) is 18.2. The number of amides is 1. The van der Waals surface area contributed by atoms with Gasteiger partial charge in [0.15, 0.2) is 0 Å². The zero-order valence-corrected chi connectivity index (χ0v) is 13.5. The molecule has 1 unspecified atom stereocenters. The largest absolute Gasteiger partial charge is 0.432 e. The number of carbonyl (C=O) groups excluding carboxylic acids is 1. The quantitative estimate of drug-likeness (QED) is 0.876. The van der Waals surface area contributed by atoms with Crippen LogP contribution < -0.4 is 5.69 Å². The Bertz CT molecular complexity index is 821. The fraction of sp³-hybridized carbons (Fsp3) is 0.571. The SMILES string of the molecule is Cn1cnn(CC(=O)N2CCCC(c3ncc(C(F)(F)F)[nH]3)C2)c1=O. The minimum Gasteiger partial charge on any atom is -0.340 e. The Morgan fingerprint density at radius 2 is 2.20 bits per heavy atom. The number of nitrogens with one attached hydrogen (secondary N) is 1. The first kappa shape index (κ1) is 17.2. The highest BCUT2D eigenvalue weighted by atomic mass is 19.4. The van der Waals surface area contributed by atoms with Gasteiger partial charge >= 0.3 is 11.9 Å². The zero-order valence-electron chi connectivity index (χ0n) is 13.5. The Labute approximate surface area is 140 Å². The number of hydrogen-bond donors (Lipinski definition) is 1. The molecule has 1 aliphatic heterocycles. The minimum atomic E-state index is -4.48. The predicted octanol–water partition coefficient (Wildman–Crippen LogP) is 0.730. The molecule has 25 heavy (non-hydrogen) atoms. The molecule has 1 fully saturated rings. The molecule has 8 nitrogen and oxygen atoms in total. The van der Waals surface area contributed by atoms with Crippen molar-refractivity contribution in [2.24, 2.45) is 7.05 Å². The van der Waals surface area contributed by atoms with Crippen molar-refractivity contribution in [3.05, 3.63) is 34.5 Å². The van der Waals surface area contributed by atoms with E-state index >= 15 is 0 Å². The maximum absolute atomic E-state index is 12.7. The Morgan fingerprint density at radius 3 is 2.80 bits per heavy atom. The molecule has 1 N–H and O–H groups in total. The second kappa shape index (κ2) is 6.37. The topological polar surface area (TPSA) is 88.8 Å². The van der Waals surface area contributed by atoms with E-state index < -0.39 is 17.6 Å². The molecule has 136 valence electrons. The Morgan fingerprint density at radius 1 is 1.44 bits per heavy atom. The van der Waals surface area contributed by atoms with Gasteiger partial charge in [-0.05, 0) is 12.8 Å². The van der Waals surface area contributed by atoms with E-state index in [9.17, 15) is 22.8 Å². The minimum absolute atomic E-state index is 0.196. The molecule has 2 aromatic rings. The molecule has 0 spiro atoms. The summed E-state index contributed by atoms with van der Waals surface area (Å²) < 4.78 is 40.3. The van der Waals surface area contributed by atoms with Gasteiger partial charge in [0, 0.05) is 26.1 Å². The van der Waals surface area contributed by atoms with Crippen LogP contribution in [-0.2, 0) is 24.6 Å². The van der Waals surface area contributed by atoms with Gasteiger partial charge in [-0.25, -0.2) is 14.5 Å². The number of imidazole rings is 1. The van der Waals surface area contributed by atoms with Crippen molar-refractivity contribution >= 4 is 5.91 Å². The number of likely N-dealkylation sites (tertiary alicyclic amines) is 1. The first-order valence-electron chi connectivity index (χ1n) is 7.74. The van der Waals surface area contributed by atoms with Crippen LogP contribution >= 0.6 is 0 Å². The molecular formula is C14H17F3N6O2. The number of hydrogen-bond acceptors (Lipinski definition) is 4. The molecule has 0 aromatic carbocycles. The summed E-state index contributed by atoms with van der Waals surface area (Å²) >= 11 is 0. The van der Waals surface area contributed by atoms with Gasteiger partial charge in [0.2, 0.25) is 5.91 Å². The average Bonchev–Trinajstić information content (AvgIpc) is 3.18. The van der Waals surface area contributed by atoms with Crippen molar-refractivity contribution in [1.29, 1.82) is 0 Å². The van der Waals surface area contributed by atoms with Crippen LogP contribution in [0, 0.1) is 0 Å². The molecule has 2 aromatic heterocycles. The fourth-order valence-electron chi connectivity index (χ4n) is 2.87. The van der Waals surface area contributed by atoms with Gasteiger partial charge in [0.1, 0.15) is 24.4 Å². The normalized spacial score (nSPS) is 18.6. The first-order chi connectivity index (χ1) is 11.8. The number of nitrogens with zero attached hydrogens (tertiary/aromatic N) is 5. The standard InChI is InChI=1S/C14H17F3N6O2/c1-21-8-19-23(13(21)25)7-11(24)22-4-2-3-9(6-22)12-18-5-10(20-12)14(15,16)17/h5,8-9H,2-4,6-7H2,1H3,(H,18,20). The molecule has 11 heteroatoms. The highest BCUT2D eigenvalue weighted by Crippen LogP contribution is 2.31. The Hall–Kier alpha value is -2.59. The third-order valence-corrected chi connectivity index (χ3v) is 4.23. The molecule has 0 saturated carbocycles. The lowest BCUT2D eigenvalue weighted by Gasteiger charge is -2.31. The summed E-state index contributed by atoms with van der Waals surface area (Å²) in [6.07, 6.45) is -1.11. The van der Waals surface area contributed by atoms with E-state index in [4.69, 9.17) is 0 Å². The molecule has 1 aliphatic rings. The average molecular weight is 358 g/mol. The smallest absolute Gasteiger partial charge is 0.340 e. The van der Waals surface area contributed by atoms with E-state index in [1.165, 1.54) is 22.8 Å². The van der Waals surface area contributed by atoms with Crippen LogP contribution in [0.15, 0.2) is 17.3 Å². The van der Waals surface area contributed by atoms with E-state index in [1.807, 2.05) is 0 Å². The summed E-state index contributed by atoms with van der Waals surface area (Å²) in [7, 11) is 1.53. The lowest BCUT2D eigenvalue weighted by molar-refractivity contribution is -0.141. The molecular weight excluding hydrogens is 341 g/mol. The summed E-state index contributed by atoms with van der Waals surface area (Å²) in [5.74, 6) is -0.373. The number of rotatable bonds is 3. The van der Waals surface area contributed by atoms with Gasteiger partial charge < -0.3 is 9.88 Å². The molecule has 1 atom stereocenters. The summed E-state index contributed by atoms with van der Waals surface area (Å²) in [4.78, 5) is 31.8. The maximum atomic E-state index is 12.7. The number of halogens is 3. The van der Waals surface area contributed by atoms with Crippen molar-refractivity contribution in [3.63, 3.8) is 0 Å². The van der Waals surface area contributed by atoms with Gasteiger partial charge in [-0.1, -0.05) is 0 Å². The number of aromatic nitrogens is 5. The van der Waals surface area contributed by atoms with Crippen LogP contribution in [0.1, 0.15) is 30.3 Å². The summed E-state index contributed by atoms with van der Waals surface area (Å²) in [5.41, 5.74) is -1.30. The third-order valence-electron chi connectivity index (χ3n) is 4.23. The molecule has 3 heterocycles. The Kier molecular flexibility index (Phi) is 4.39. The van der Waals surface area contributed by atoms with Gasteiger partial charge in [-0.2, -0.15) is 18.3 Å². The number of carbonyl (C=O) groups is 1. The van der Waals surface area contributed by atoms with Crippen LogP contribution in [-0.4, -0.2) is 48.2 Å². The van der Waals surface area contributed by atoms with Crippen molar-refractivity contribution in [3.8, 4) is 0 Å². The molecule has 0 bridgehead atoms. The number of H-pyrrole nitrogens is 1. The van der Waals surface area contributed by atoms with E-state index in [2.05, 4.69) is 15.1 Å². The number of aromatic amines is 1. The second-order valence-corrected chi connectivity index (χ2v) is 6.04. The third kappa shape index (κ3) is 3.59. The van der Waals surface area contributed by atoms with Crippen molar-refractivity contribution in [2.45, 2.75) is 31.5 Å². The van der Waals surface area contributed by atoms with E-state index in [-0.39, 0.29) is 30.7 Å². The molecule has 0 aliphatic carbocycles. The van der Waals surface area contributed by atoms with Crippen molar-refractivity contribution in [2.75, 3.05) is 13.1 Å². The van der Waals surface area contributed by atoms with Gasteiger partial charge in [0.05, 0.1) is 6.20 Å². The first-order valence-corrected chi connectivity index (χ1v) is 7.74. The second-order valence-electron chi connectivity index (χ2n) is 6.04. The number of alkyl halides is 3. The molecule has 3 rings (SSSR count). The molecule has 0 radical (unpaired) electrons. The monoisotopic (exact) mass is 358 g/mol. The van der Waals surface area contributed by atoms with E-state index in [0.29, 0.717) is 19.4 Å². The lowest BCUT2D eigenvalue weighted by atomic mass is 9.97. The van der Waals surface area contributed by atoms with Crippen LogP contribution in [0.3, 0.4) is 0 Å². The maximum Gasteiger partial charge on any atom is 0.432 e. The predicted molar refractivity (Wildman–Crippen MR) is 79.6 cm³/mol. The lowest BCUT2D eigenvalue weighted by Crippen LogP contribution is -2.42. The molecule has 1 saturated heterocycles. The number of aryl methyl sites for hydroxylation is 1. The summed E-state index contributed by atoms with van der Waals surface area (Å²) in [6.45, 7) is 0.549. The van der Waals surface area contributed by atoms with Crippen molar-refractivity contribution in [1.82, 2.24) is 29.2 Å². The fourth-order valence-corrected chi connectivity index (χ4v) is 2.87. The summed E-state index contributed by atoms with van der Waals surface area (Å²) in [5, 5.41) is 3.83. The number of piperidine rings is 1. The van der Waals surface area contributed by atoms with Crippen molar-refractivity contribution < 1.29 is 18.0 Å². The highest BCUT2D eigenvalue weighted by molar-refractivity contribution is 5.76. The van der Waals surface area contributed by atoms with Crippen LogP contribution in [0.4, 0.5) is 13.2 Å². The van der Waals surface area contributed by atoms with Crippen LogP contribution in [0.2, 0.25) is 0 Å². The molecule has 1 amide bonds. The Balaban J connectivity index is 1.68. The van der Waals surface area contributed by atoms with Gasteiger partial charge in [-0.15, -0.1) is 0 Å².